The van der Waals surface area contributed by atoms with Crippen LogP contribution in [0.2, 0.25) is 0 Å². The summed E-state index contributed by atoms with van der Waals surface area (Å²) in [5.74, 6) is 1.27. The molecule has 2 heterocycles. The van der Waals surface area contributed by atoms with Gasteiger partial charge in [-0.3, -0.25) is 9.78 Å². The zero-order valence-electron chi connectivity index (χ0n) is 17.0. The first-order valence-electron chi connectivity index (χ1n) is 10.2. The van der Waals surface area contributed by atoms with Crippen molar-refractivity contribution in [3.05, 3.63) is 59.9 Å². The molecule has 1 aliphatic rings. The summed E-state index contributed by atoms with van der Waals surface area (Å²) in [6, 6.07) is 12.6. The van der Waals surface area contributed by atoms with E-state index in [1.807, 2.05) is 24.1 Å². The van der Waals surface area contributed by atoms with Crippen molar-refractivity contribution in [3.63, 3.8) is 0 Å². The molecule has 0 saturated carbocycles. The van der Waals surface area contributed by atoms with E-state index in [-0.39, 0.29) is 5.91 Å². The molecule has 28 heavy (non-hydrogen) atoms. The number of nitrogens with zero attached hydrogens (tertiary/aromatic N) is 3. The van der Waals surface area contributed by atoms with Crippen LogP contribution in [0, 0.1) is 12.8 Å². The molecule has 0 spiro atoms. The molecule has 0 unspecified atom stereocenters. The highest BCUT2D eigenvalue weighted by Gasteiger charge is 2.22. The Labute approximate surface area is 173 Å². The van der Waals surface area contributed by atoms with Gasteiger partial charge in [0, 0.05) is 44.0 Å². The number of likely N-dealkylation sites (tertiary alicyclic amines) is 1. The summed E-state index contributed by atoms with van der Waals surface area (Å²) < 4.78 is 0. The Morgan fingerprint density at radius 1 is 1.25 bits per heavy atom. The molecule has 1 aromatic heterocycles. The molecule has 1 atom stereocenters. The molecule has 0 aliphatic carbocycles. The van der Waals surface area contributed by atoms with Gasteiger partial charge in [-0.2, -0.15) is 0 Å². The lowest BCUT2D eigenvalue weighted by Gasteiger charge is -2.34. The number of piperidine rings is 1. The number of carbonyl (C=O) groups excluding carboxylic acids is 1. The van der Waals surface area contributed by atoms with E-state index in [9.17, 15) is 4.79 Å². The van der Waals surface area contributed by atoms with Crippen LogP contribution in [0.15, 0.2) is 53.7 Å². The van der Waals surface area contributed by atoms with Crippen molar-refractivity contribution in [2.45, 2.75) is 31.1 Å². The third kappa shape index (κ3) is 6.35. The molecular formula is C23H31N3OS. The summed E-state index contributed by atoms with van der Waals surface area (Å²) in [5, 5.41) is 0. The van der Waals surface area contributed by atoms with Crippen molar-refractivity contribution in [1.29, 1.82) is 0 Å². The van der Waals surface area contributed by atoms with Crippen molar-refractivity contribution >= 4 is 17.7 Å². The maximum absolute atomic E-state index is 12.5. The molecule has 1 amide bonds. The van der Waals surface area contributed by atoms with Crippen LogP contribution in [0.25, 0.3) is 0 Å². The molecular weight excluding hydrogens is 366 g/mol. The quantitative estimate of drug-likeness (QED) is 0.633. The fraction of sp³-hybridized carbons (Fsp3) is 0.478. The standard InChI is InChI=1S/C23H31N3OS/c1-19-6-3-4-8-21(19)11-15-26-14-5-7-20(17-26)16-25(2)23(27)18-28-22-9-12-24-13-10-22/h3-4,6,8-10,12-13,20H,5,7,11,14-18H2,1-2H3/t20-/m1/s1. The molecule has 0 bridgehead atoms. The number of carbonyl (C=O) groups is 1. The van der Waals surface area contributed by atoms with E-state index in [0.717, 1.165) is 31.0 Å². The number of hydrogen-bond acceptors (Lipinski definition) is 4. The number of rotatable bonds is 8. The van der Waals surface area contributed by atoms with Gasteiger partial charge in [0.15, 0.2) is 0 Å². The fourth-order valence-electron chi connectivity index (χ4n) is 3.85. The number of amides is 1. The van der Waals surface area contributed by atoms with E-state index in [1.165, 1.54) is 30.5 Å². The highest BCUT2D eigenvalue weighted by molar-refractivity contribution is 8.00. The van der Waals surface area contributed by atoms with Crippen molar-refractivity contribution in [1.82, 2.24) is 14.8 Å². The molecule has 150 valence electrons. The Bertz CT molecular complexity index is 753. The second-order valence-electron chi connectivity index (χ2n) is 7.73. The molecule has 1 saturated heterocycles. The molecule has 1 aromatic carbocycles. The lowest BCUT2D eigenvalue weighted by molar-refractivity contribution is -0.127. The number of hydrogen-bond donors (Lipinski definition) is 0. The van der Waals surface area contributed by atoms with Crippen LogP contribution in [-0.2, 0) is 11.2 Å². The maximum Gasteiger partial charge on any atom is 0.232 e. The van der Waals surface area contributed by atoms with Crippen LogP contribution < -0.4 is 0 Å². The van der Waals surface area contributed by atoms with Gasteiger partial charge in [0.25, 0.3) is 0 Å². The second-order valence-corrected chi connectivity index (χ2v) is 8.78. The van der Waals surface area contributed by atoms with Gasteiger partial charge in [0.1, 0.15) is 0 Å². The SMILES string of the molecule is Cc1ccccc1CCN1CCC[C@H](CN(C)C(=O)CSc2ccncc2)C1. The Morgan fingerprint density at radius 2 is 2.04 bits per heavy atom. The minimum Gasteiger partial charge on any atom is -0.345 e. The zero-order valence-corrected chi connectivity index (χ0v) is 17.8. The Balaban J connectivity index is 1.42. The lowest BCUT2D eigenvalue weighted by atomic mass is 9.96. The van der Waals surface area contributed by atoms with Crippen LogP contribution in [0.1, 0.15) is 24.0 Å². The molecule has 1 aliphatic heterocycles. The lowest BCUT2D eigenvalue weighted by Crippen LogP contribution is -2.42. The number of pyridine rings is 1. The summed E-state index contributed by atoms with van der Waals surface area (Å²) in [4.78, 5) is 22.1. The van der Waals surface area contributed by atoms with Gasteiger partial charge in [-0.15, -0.1) is 11.8 Å². The first kappa shape index (κ1) is 20.9. The summed E-state index contributed by atoms with van der Waals surface area (Å²) >= 11 is 1.58. The van der Waals surface area contributed by atoms with Crippen molar-refractivity contribution in [2.75, 3.05) is 39.0 Å². The van der Waals surface area contributed by atoms with E-state index in [0.29, 0.717) is 11.7 Å². The van der Waals surface area contributed by atoms with Gasteiger partial charge in [-0.05, 0) is 61.9 Å². The monoisotopic (exact) mass is 397 g/mol. The number of benzene rings is 1. The third-order valence-electron chi connectivity index (χ3n) is 5.53. The van der Waals surface area contributed by atoms with Crippen LogP contribution in [-0.4, -0.2) is 59.7 Å². The number of aryl methyl sites for hydroxylation is 1. The van der Waals surface area contributed by atoms with Gasteiger partial charge in [0.05, 0.1) is 5.75 Å². The number of thioether (sulfide) groups is 1. The molecule has 5 heteroatoms. The molecule has 1 fully saturated rings. The number of aromatic nitrogens is 1. The summed E-state index contributed by atoms with van der Waals surface area (Å²) in [5.41, 5.74) is 2.83. The van der Waals surface area contributed by atoms with Crippen molar-refractivity contribution < 1.29 is 4.79 Å². The largest absolute Gasteiger partial charge is 0.345 e. The van der Waals surface area contributed by atoms with E-state index in [2.05, 4.69) is 41.1 Å². The van der Waals surface area contributed by atoms with E-state index in [4.69, 9.17) is 0 Å². The predicted molar refractivity (Wildman–Crippen MR) is 117 cm³/mol. The van der Waals surface area contributed by atoms with E-state index >= 15 is 0 Å². The predicted octanol–water partition coefficient (Wildman–Crippen LogP) is 3.90. The molecule has 2 aromatic rings. The first-order chi connectivity index (χ1) is 13.6. The minimum atomic E-state index is 0.207. The molecule has 3 rings (SSSR count). The van der Waals surface area contributed by atoms with Crippen LogP contribution in [0.4, 0.5) is 0 Å². The molecule has 4 nitrogen and oxygen atoms in total. The Morgan fingerprint density at radius 3 is 2.82 bits per heavy atom. The average Bonchev–Trinajstić information content (AvgIpc) is 2.72. The van der Waals surface area contributed by atoms with Crippen molar-refractivity contribution in [3.8, 4) is 0 Å². The Kier molecular flexibility index (Phi) is 7.92. The Hall–Kier alpha value is -1.85. The summed E-state index contributed by atoms with van der Waals surface area (Å²) in [6.45, 7) is 6.44. The van der Waals surface area contributed by atoms with Gasteiger partial charge >= 0.3 is 0 Å². The second kappa shape index (κ2) is 10.6. The maximum atomic E-state index is 12.5. The van der Waals surface area contributed by atoms with Gasteiger partial charge < -0.3 is 9.80 Å². The van der Waals surface area contributed by atoms with E-state index < -0.39 is 0 Å². The zero-order chi connectivity index (χ0) is 19.8. The average molecular weight is 398 g/mol. The fourth-order valence-corrected chi connectivity index (χ4v) is 4.68. The van der Waals surface area contributed by atoms with E-state index in [1.54, 1.807) is 24.2 Å². The highest BCUT2D eigenvalue weighted by atomic mass is 32.2. The van der Waals surface area contributed by atoms with Gasteiger partial charge in [0.2, 0.25) is 5.91 Å². The highest BCUT2D eigenvalue weighted by Crippen LogP contribution is 2.20. The molecule has 0 radical (unpaired) electrons. The molecule has 0 N–H and O–H groups in total. The van der Waals surface area contributed by atoms with Crippen LogP contribution in [0.3, 0.4) is 0 Å². The summed E-state index contributed by atoms with van der Waals surface area (Å²) in [6.07, 6.45) is 7.09. The van der Waals surface area contributed by atoms with Gasteiger partial charge in [-0.1, -0.05) is 24.3 Å². The van der Waals surface area contributed by atoms with Crippen LogP contribution in [0.5, 0.6) is 0 Å². The third-order valence-corrected chi connectivity index (χ3v) is 6.53. The smallest absolute Gasteiger partial charge is 0.232 e. The first-order valence-corrected chi connectivity index (χ1v) is 11.1. The minimum absolute atomic E-state index is 0.207. The normalized spacial score (nSPS) is 17.4. The topological polar surface area (TPSA) is 36.4 Å². The van der Waals surface area contributed by atoms with Crippen LogP contribution >= 0.6 is 11.8 Å². The van der Waals surface area contributed by atoms with Crippen molar-refractivity contribution in [2.24, 2.45) is 5.92 Å². The summed E-state index contributed by atoms with van der Waals surface area (Å²) in [7, 11) is 1.95. The van der Waals surface area contributed by atoms with Gasteiger partial charge in [-0.25, -0.2) is 0 Å².